The average Bonchev–Trinajstić information content (AvgIpc) is 2.89. The first-order valence-corrected chi connectivity index (χ1v) is 10.3. The van der Waals surface area contributed by atoms with Gasteiger partial charge in [0.25, 0.3) is 0 Å². The van der Waals surface area contributed by atoms with E-state index in [1.807, 2.05) is 0 Å². The Kier molecular flexibility index (Phi) is 4.26. The molecule has 1 aliphatic carbocycles. The molecule has 0 N–H and O–H groups in total. The van der Waals surface area contributed by atoms with Crippen LogP contribution in [0.15, 0.2) is 48.5 Å². The lowest BCUT2D eigenvalue weighted by molar-refractivity contribution is 0.711. The van der Waals surface area contributed by atoms with Gasteiger partial charge in [-0.3, -0.25) is 0 Å². The quantitative estimate of drug-likeness (QED) is 0.472. The van der Waals surface area contributed by atoms with Gasteiger partial charge in [-0.1, -0.05) is 67.9 Å². The third-order valence-electron chi connectivity index (χ3n) is 6.71. The van der Waals surface area contributed by atoms with Gasteiger partial charge in [0.05, 0.1) is 0 Å². The number of benzene rings is 3. The zero-order valence-corrected chi connectivity index (χ0v) is 17.5. The summed E-state index contributed by atoms with van der Waals surface area (Å²) in [7, 11) is 0. The van der Waals surface area contributed by atoms with Gasteiger partial charge in [-0.25, -0.2) is 0 Å². The van der Waals surface area contributed by atoms with Gasteiger partial charge in [0.1, 0.15) is 0 Å². The van der Waals surface area contributed by atoms with Crippen LogP contribution in [0.2, 0.25) is 0 Å². The summed E-state index contributed by atoms with van der Waals surface area (Å²) in [6, 6.07) is 19.0. The van der Waals surface area contributed by atoms with E-state index in [1.165, 1.54) is 55.6 Å². The summed E-state index contributed by atoms with van der Waals surface area (Å²) in [5, 5.41) is 0. The molecule has 0 atom stereocenters. The Balaban J connectivity index is 2.09. The second kappa shape index (κ2) is 6.37. The topological polar surface area (TPSA) is 0 Å². The monoisotopic (exact) mass is 354 g/mol. The fourth-order valence-electron chi connectivity index (χ4n) is 4.88. The van der Waals surface area contributed by atoms with Crippen LogP contribution in [0.4, 0.5) is 0 Å². The summed E-state index contributed by atoms with van der Waals surface area (Å²) in [5.41, 5.74) is 14.2. The van der Waals surface area contributed by atoms with Gasteiger partial charge in [-0.05, 0) is 90.6 Å². The minimum atomic E-state index is -0.0908. The first-order chi connectivity index (χ1) is 12.9. The Morgan fingerprint density at radius 2 is 1.11 bits per heavy atom. The van der Waals surface area contributed by atoms with Crippen molar-refractivity contribution in [2.45, 2.75) is 59.8 Å². The van der Waals surface area contributed by atoms with Gasteiger partial charge in [0, 0.05) is 5.41 Å². The molecule has 4 rings (SSSR count). The number of fused-ring (bicyclic) bond motifs is 3. The largest absolute Gasteiger partial charge is 0.0613 e. The summed E-state index contributed by atoms with van der Waals surface area (Å²) in [5.74, 6) is 0. The normalized spacial score (nSPS) is 14.1. The molecule has 0 fully saturated rings. The first-order valence-electron chi connectivity index (χ1n) is 10.3. The first kappa shape index (κ1) is 18.0. The Morgan fingerprint density at radius 3 is 1.52 bits per heavy atom. The average molecular weight is 355 g/mol. The maximum atomic E-state index is 2.46. The van der Waals surface area contributed by atoms with Crippen molar-refractivity contribution in [3.63, 3.8) is 0 Å². The molecule has 0 saturated heterocycles. The maximum absolute atomic E-state index is 2.46. The van der Waals surface area contributed by atoms with E-state index < -0.39 is 0 Å². The molecule has 138 valence electrons. The predicted molar refractivity (Wildman–Crippen MR) is 117 cm³/mol. The SMILES string of the molecule is CCc1cc2c(cc1C)C(C)(c1ccc(C)cc1)c1cc(C)c(CC)cc1-2. The number of hydrogen-bond acceptors (Lipinski definition) is 0. The Hall–Kier alpha value is -2.34. The van der Waals surface area contributed by atoms with Gasteiger partial charge in [0.2, 0.25) is 0 Å². The van der Waals surface area contributed by atoms with E-state index >= 15 is 0 Å². The fourth-order valence-corrected chi connectivity index (χ4v) is 4.88. The van der Waals surface area contributed by atoms with Gasteiger partial charge < -0.3 is 0 Å². The Morgan fingerprint density at radius 1 is 0.667 bits per heavy atom. The van der Waals surface area contributed by atoms with Crippen molar-refractivity contribution in [2.75, 3.05) is 0 Å². The summed E-state index contributed by atoms with van der Waals surface area (Å²) in [6.45, 7) is 13.6. The molecule has 27 heavy (non-hydrogen) atoms. The van der Waals surface area contributed by atoms with E-state index in [0.717, 1.165) is 12.8 Å². The zero-order chi connectivity index (χ0) is 19.3. The molecule has 0 aliphatic heterocycles. The Labute approximate surface area is 164 Å². The number of hydrogen-bond donors (Lipinski definition) is 0. The van der Waals surface area contributed by atoms with Crippen LogP contribution in [-0.4, -0.2) is 0 Å². The molecule has 0 aromatic heterocycles. The van der Waals surface area contributed by atoms with Crippen LogP contribution in [0, 0.1) is 20.8 Å². The van der Waals surface area contributed by atoms with Gasteiger partial charge in [-0.2, -0.15) is 0 Å². The molecule has 0 heteroatoms. The lowest BCUT2D eigenvalue weighted by atomic mass is 9.73. The van der Waals surface area contributed by atoms with Crippen LogP contribution in [0.1, 0.15) is 65.3 Å². The smallest absolute Gasteiger partial charge is 0.0435 e. The van der Waals surface area contributed by atoms with Gasteiger partial charge in [-0.15, -0.1) is 0 Å². The van der Waals surface area contributed by atoms with Crippen LogP contribution >= 0.6 is 0 Å². The predicted octanol–water partition coefficient (Wildman–Crippen LogP) is 7.07. The van der Waals surface area contributed by atoms with E-state index in [4.69, 9.17) is 0 Å². The van der Waals surface area contributed by atoms with E-state index in [9.17, 15) is 0 Å². The standard InChI is InChI=1S/C27H30/c1-7-20-15-23-24-16-21(8-2)19(5)14-26(24)27(6,25(23)13-18(20)4)22-11-9-17(3)10-12-22/h9-16H,7-8H2,1-6H3. The van der Waals surface area contributed by atoms with E-state index in [2.05, 4.69) is 90.1 Å². The summed E-state index contributed by atoms with van der Waals surface area (Å²) in [4.78, 5) is 0. The van der Waals surface area contributed by atoms with E-state index in [1.54, 1.807) is 0 Å². The van der Waals surface area contributed by atoms with E-state index in [0.29, 0.717) is 0 Å². The Bertz CT molecular complexity index is 959. The van der Waals surface area contributed by atoms with Gasteiger partial charge in [0.15, 0.2) is 0 Å². The second-order valence-corrected chi connectivity index (χ2v) is 8.35. The lowest BCUT2D eigenvalue weighted by Crippen LogP contribution is -2.23. The summed E-state index contributed by atoms with van der Waals surface area (Å²) >= 11 is 0. The van der Waals surface area contributed by atoms with E-state index in [-0.39, 0.29) is 5.41 Å². The molecular weight excluding hydrogens is 324 g/mol. The molecular formula is C27H30. The third-order valence-corrected chi connectivity index (χ3v) is 6.71. The maximum Gasteiger partial charge on any atom is 0.0435 e. The van der Waals surface area contributed by atoms with Crippen molar-refractivity contribution in [1.82, 2.24) is 0 Å². The molecule has 3 aromatic carbocycles. The summed E-state index contributed by atoms with van der Waals surface area (Å²) in [6.07, 6.45) is 2.17. The third kappa shape index (κ3) is 2.57. The number of aryl methyl sites for hydroxylation is 5. The second-order valence-electron chi connectivity index (χ2n) is 8.35. The van der Waals surface area contributed by atoms with Crippen molar-refractivity contribution >= 4 is 0 Å². The van der Waals surface area contributed by atoms with Crippen LogP contribution in [0.25, 0.3) is 11.1 Å². The molecule has 3 aromatic rings. The summed E-state index contributed by atoms with van der Waals surface area (Å²) < 4.78 is 0. The highest BCUT2D eigenvalue weighted by atomic mass is 14.4. The molecule has 0 heterocycles. The van der Waals surface area contributed by atoms with Crippen LogP contribution in [0.3, 0.4) is 0 Å². The van der Waals surface area contributed by atoms with Crippen LogP contribution in [0.5, 0.6) is 0 Å². The van der Waals surface area contributed by atoms with Crippen molar-refractivity contribution in [3.05, 3.63) is 93.0 Å². The minimum Gasteiger partial charge on any atom is -0.0613 e. The molecule has 0 amide bonds. The highest BCUT2D eigenvalue weighted by Gasteiger charge is 2.41. The molecule has 0 unspecified atom stereocenters. The molecule has 0 spiro atoms. The number of rotatable bonds is 3. The van der Waals surface area contributed by atoms with Crippen molar-refractivity contribution in [3.8, 4) is 11.1 Å². The highest BCUT2D eigenvalue weighted by molar-refractivity contribution is 5.85. The fraction of sp³-hybridized carbons (Fsp3) is 0.333. The van der Waals surface area contributed by atoms with Crippen molar-refractivity contribution in [1.29, 1.82) is 0 Å². The molecule has 0 nitrogen and oxygen atoms in total. The van der Waals surface area contributed by atoms with Crippen LogP contribution < -0.4 is 0 Å². The highest BCUT2D eigenvalue weighted by Crippen LogP contribution is 2.53. The van der Waals surface area contributed by atoms with Gasteiger partial charge >= 0.3 is 0 Å². The van der Waals surface area contributed by atoms with Crippen molar-refractivity contribution < 1.29 is 0 Å². The molecule has 0 radical (unpaired) electrons. The van der Waals surface area contributed by atoms with Crippen LogP contribution in [-0.2, 0) is 18.3 Å². The zero-order valence-electron chi connectivity index (χ0n) is 17.5. The molecule has 0 saturated carbocycles. The van der Waals surface area contributed by atoms with Crippen molar-refractivity contribution in [2.24, 2.45) is 0 Å². The lowest BCUT2D eigenvalue weighted by Gasteiger charge is -2.29. The minimum absolute atomic E-state index is 0.0908. The molecule has 1 aliphatic rings. The molecule has 0 bridgehead atoms.